The van der Waals surface area contributed by atoms with Crippen molar-refractivity contribution in [3.8, 4) is 0 Å². The highest BCUT2D eigenvalue weighted by Gasteiger charge is 2.28. The Morgan fingerprint density at radius 3 is 2.41 bits per heavy atom. The Morgan fingerprint density at radius 1 is 1.12 bits per heavy atom. The largest absolute Gasteiger partial charge is 0.444 e. The number of benzene rings is 1. The second-order valence-electron chi connectivity index (χ2n) is 8.25. The topological polar surface area (TPSA) is 119 Å². The lowest BCUT2D eigenvalue weighted by molar-refractivity contribution is -0.119. The van der Waals surface area contributed by atoms with E-state index in [0.717, 1.165) is 4.88 Å². The Morgan fingerprint density at radius 2 is 1.81 bits per heavy atom. The first kappa shape index (κ1) is 25.1. The van der Waals surface area contributed by atoms with Crippen molar-refractivity contribution in [1.29, 1.82) is 0 Å². The lowest BCUT2D eigenvalue weighted by Gasteiger charge is -2.26. The molecule has 1 aromatic carbocycles. The molecule has 0 saturated carbocycles. The second-order valence-corrected chi connectivity index (χ2v) is 9.22. The van der Waals surface area contributed by atoms with E-state index in [4.69, 9.17) is 9.47 Å². The highest BCUT2D eigenvalue weighted by molar-refractivity contribution is 7.09. The van der Waals surface area contributed by atoms with E-state index in [2.05, 4.69) is 20.9 Å². The molecular weight excluding hydrogens is 432 g/mol. The van der Waals surface area contributed by atoms with Crippen LogP contribution in [0, 0.1) is 5.92 Å². The summed E-state index contributed by atoms with van der Waals surface area (Å²) in [6.45, 7) is 9.20. The standard InChI is InChI=1S/C22H30N4O5S/c1-6-14(2)18(26-21(29)31-22(3,4)5)19(27)24-15-8-7-9-16(10-15)25-20(28)30-12-17-11-23-13-32-17/h7-11,13-14,18H,6,12H2,1-5H3,(H,24,27)(H,25,28)(H,26,29). The number of rotatable bonds is 8. The summed E-state index contributed by atoms with van der Waals surface area (Å²) in [4.78, 5) is 41.8. The third-order valence-electron chi connectivity index (χ3n) is 4.37. The first-order valence-corrected chi connectivity index (χ1v) is 11.2. The van der Waals surface area contributed by atoms with Gasteiger partial charge in [-0.05, 0) is 44.9 Å². The van der Waals surface area contributed by atoms with Crippen molar-refractivity contribution in [1.82, 2.24) is 10.3 Å². The number of anilines is 2. The lowest BCUT2D eigenvalue weighted by atomic mass is 9.98. The molecular formula is C22H30N4O5S. The number of ether oxygens (including phenoxy) is 2. The normalized spacial score (nSPS) is 12.9. The van der Waals surface area contributed by atoms with Crippen molar-refractivity contribution >= 4 is 40.8 Å². The fourth-order valence-electron chi connectivity index (χ4n) is 2.64. The maximum Gasteiger partial charge on any atom is 0.411 e. The van der Waals surface area contributed by atoms with Gasteiger partial charge in [0, 0.05) is 17.6 Å². The number of carbonyl (C=O) groups is 3. The lowest BCUT2D eigenvalue weighted by Crippen LogP contribution is -2.49. The van der Waals surface area contributed by atoms with Crippen LogP contribution < -0.4 is 16.0 Å². The predicted octanol–water partition coefficient (Wildman–Crippen LogP) is 4.77. The summed E-state index contributed by atoms with van der Waals surface area (Å²) >= 11 is 1.39. The average Bonchev–Trinajstić information content (AvgIpc) is 3.22. The molecule has 0 radical (unpaired) electrons. The van der Waals surface area contributed by atoms with Gasteiger partial charge in [-0.2, -0.15) is 0 Å². The summed E-state index contributed by atoms with van der Waals surface area (Å²) in [6, 6.07) is 5.87. The molecule has 2 aromatic rings. The van der Waals surface area contributed by atoms with Gasteiger partial charge in [-0.1, -0.05) is 26.3 Å². The van der Waals surface area contributed by atoms with Crippen molar-refractivity contribution in [2.75, 3.05) is 10.6 Å². The minimum atomic E-state index is -0.782. The SMILES string of the molecule is CCC(C)C(NC(=O)OC(C)(C)C)C(=O)Nc1cccc(NC(=O)OCc2cncs2)c1. The number of thiazole rings is 1. The Labute approximate surface area is 191 Å². The molecule has 0 aliphatic carbocycles. The number of nitrogens with one attached hydrogen (secondary N) is 3. The number of hydrogen-bond donors (Lipinski definition) is 3. The van der Waals surface area contributed by atoms with E-state index in [1.54, 1.807) is 56.7 Å². The van der Waals surface area contributed by atoms with Crippen molar-refractivity contribution in [3.63, 3.8) is 0 Å². The number of carbonyl (C=O) groups excluding carboxylic acids is 3. The third-order valence-corrected chi connectivity index (χ3v) is 5.13. The van der Waals surface area contributed by atoms with E-state index >= 15 is 0 Å². The Kier molecular flexibility index (Phi) is 9.01. The van der Waals surface area contributed by atoms with Crippen molar-refractivity contribution in [2.45, 2.75) is 59.3 Å². The smallest absolute Gasteiger partial charge is 0.411 e. The fraction of sp³-hybridized carbons (Fsp3) is 0.455. The molecule has 1 aromatic heterocycles. The molecule has 2 rings (SSSR count). The fourth-order valence-corrected chi connectivity index (χ4v) is 3.14. The van der Waals surface area contributed by atoms with E-state index in [0.29, 0.717) is 17.8 Å². The molecule has 2 unspecified atom stereocenters. The maximum atomic E-state index is 12.9. The molecule has 10 heteroatoms. The van der Waals surface area contributed by atoms with E-state index in [-0.39, 0.29) is 18.4 Å². The molecule has 0 aliphatic rings. The van der Waals surface area contributed by atoms with Crippen LogP contribution in [0.4, 0.5) is 21.0 Å². The van der Waals surface area contributed by atoms with Crippen LogP contribution in [0.15, 0.2) is 36.0 Å². The molecule has 0 saturated heterocycles. The average molecular weight is 463 g/mol. The van der Waals surface area contributed by atoms with Gasteiger partial charge in [0.2, 0.25) is 5.91 Å². The van der Waals surface area contributed by atoms with Gasteiger partial charge >= 0.3 is 12.2 Å². The first-order valence-electron chi connectivity index (χ1n) is 10.3. The molecule has 9 nitrogen and oxygen atoms in total. The summed E-state index contributed by atoms with van der Waals surface area (Å²) in [7, 11) is 0. The number of nitrogens with zero attached hydrogens (tertiary/aromatic N) is 1. The van der Waals surface area contributed by atoms with E-state index < -0.39 is 23.8 Å². The van der Waals surface area contributed by atoms with Crippen LogP contribution in [0.2, 0.25) is 0 Å². The molecule has 1 heterocycles. The molecule has 0 fully saturated rings. The van der Waals surface area contributed by atoms with Crippen molar-refractivity contribution in [2.24, 2.45) is 5.92 Å². The first-order chi connectivity index (χ1) is 15.1. The summed E-state index contributed by atoms with van der Waals surface area (Å²) in [5.74, 6) is -0.499. The Hall–Kier alpha value is -3.14. The van der Waals surface area contributed by atoms with E-state index in [1.165, 1.54) is 11.3 Å². The Bertz CT molecular complexity index is 911. The third kappa shape index (κ3) is 8.54. The van der Waals surface area contributed by atoms with Crippen LogP contribution in [-0.4, -0.2) is 34.7 Å². The van der Waals surface area contributed by atoms with Gasteiger partial charge in [0.05, 0.1) is 10.4 Å². The number of hydrogen-bond acceptors (Lipinski definition) is 7. The van der Waals surface area contributed by atoms with Crippen molar-refractivity contribution in [3.05, 3.63) is 40.8 Å². The minimum Gasteiger partial charge on any atom is -0.444 e. The van der Waals surface area contributed by atoms with E-state index in [1.807, 2.05) is 13.8 Å². The molecule has 32 heavy (non-hydrogen) atoms. The zero-order chi connectivity index (χ0) is 23.7. The zero-order valence-corrected chi connectivity index (χ0v) is 19.7. The van der Waals surface area contributed by atoms with Gasteiger partial charge in [-0.15, -0.1) is 11.3 Å². The van der Waals surface area contributed by atoms with Crippen LogP contribution in [-0.2, 0) is 20.9 Å². The quantitative estimate of drug-likeness (QED) is 0.520. The molecule has 3 N–H and O–H groups in total. The van der Waals surface area contributed by atoms with Crippen LogP contribution in [0.25, 0.3) is 0 Å². The van der Waals surface area contributed by atoms with Crippen LogP contribution in [0.3, 0.4) is 0 Å². The number of amides is 3. The van der Waals surface area contributed by atoms with Crippen molar-refractivity contribution < 1.29 is 23.9 Å². The van der Waals surface area contributed by atoms with Gasteiger partial charge < -0.3 is 20.1 Å². The maximum absolute atomic E-state index is 12.9. The zero-order valence-electron chi connectivity index (χ0n) is 18.9. The molecule has 0 bridgehead atoms. The van der Waals surface area contributed by atoms with Gasteiger partial charge in [0.1, 0.15) is 18.2 Å². The summed E-state index contributed by atoms with van der Waals surface area (Å²) in [5, 5.41) is 8.06. The van der Waals surface area contributed by atoms with Gasteiger partial charge in [-0.25, -0.2) is 9.59 Å². The van der Waals surface area contributed by atoms with Crippen LogP contribution in [0.1, 0.15) is 45.9 Å². The van der Waals surface area contributed by atoms with Crippen LogP contribution >= 0.6 is 11.3 Å². The van der Waals surface area contributed by atoms with Gasteiger partial charge in [0.25, 0.3) is 0 Å². The summed E-state index contributed by atoms with van der Waals surface area (Å²) in [5.41, 5.74) is 1.91. The minimum absolute atomic E-state index is 0.120. The number of alkyl carbamates (subject to hydrolysis) is 1. The molecule has 2 atom stereocenters. The summed E-state index contributed by atoms with van der Waals surface area (Å²) < 4.78 is 10.4. The highest BCUT2D eigenvalue weighted by atomic mass is 32.1. The number of aromatic nitrogens is 1. The molecule has 174 valence electrons. The highest BCUT2D eigenvalue weighted by Crippen LogP contribution is 2.18. The predicted molar refractivity (Wildman–Crippen MR) is 124 cm³/mol. The Balaban J connectivity index is 1.98. The molecule has 0 spiro atoms. The van der Waals surface area contributed by atoms with Crippen LogP contribution in [0.5, 0.6) is 0 Å². The molecule has 0 aliphatic heterocycles. The summed E-state index contributed by atoms with van der Waals surface area (Å²) in [6.07, 6.45) is 1.04. The molecule has 3 amide bonds. The van der Waals surface area contributed by atoms with Gasteiger partial charge in [0.15, 0.2) is 0 Å². The monoisotopic (exact) mass is 462 g/mol. The van der Waals surface area contributed by atoms with E-state index in [9.17, 15) is 14.4 Å². The van der Waals surface area contributed by atoms with Gasteiger partial charge in [-0.3, -0.25) is 15.1 Å². The second kappa shape index (κ2) is 11.5.